The molecule has 1 heterocycles. The number of alkyl halides is 3. The first-order valence-corrected chi connectivity index (χ1v) is 11.6. The SMILES string of the molecule is CN(c1nccc(C(F)(F)F)n1)[C@H]1CC[C@H](COCCOCCOCCOCCN=[N+]=[N-])[C@H](O)[C@@H]1O. The zero-order chi connectivity index (χ0) is 26.4. The number of likely N-dealkylation sites (N-methyl/N-ethyl adjacent to an activating group) is 1. The highest BCUT2D eigenvalue weighted by atomic mass is 19.4. The standard InChI is InChI=1S/C21H33F3N6O6/c1-30(20-26-5-4-17(28-20)21(22,23)24)16-3-2-15(18(31)19(16)32)14-36-13-12-35-11-10-34-9-8-33-7-6-27-29-25/h4-5,15-16,18-19,31-32H,2-3,6-14H2,1H3/t15-,16+,18+,19-/m1/s1. The zero-order valence-electron chi connectivity index (χ0n) is 20.1. The number of aliphatic hydroxyl groups is 2. The molecule has 2 N–H and O–H groups in total. The van der Waals surface area contributed by atoms with Gasteiger partial charge >= 0.3 is 6.18 Å². The molecule has 1 saturated carbocycles. The maximum Gasteiger partial charge on any atom is 0.433 e. The third-order valence-corrected chi connectivity index (χ3v) is 5.65. The van der Waals surface area contributed by atoms with E-state index in [0.29, 0.717) is 59.1 Å². The molecule has 1 aliphatic carbocycles. The van der Waals surface area contributed by atoms with Gasteiger partial charge in [-0.15, -0.1) is 0 Å². The minimum atomic E-state index is -4.60. The van der Waals surface area contributed by atoms with Gasteiger partial charge in [0.1, 0.15) is 11.8 Å². The first kappa shape index (κ1) is 30.0. The summed E-state index contributed by atoms with van der Waals surface area (Å²) in [5.74, 6) is -0.496. The number of anilines is 1. The predicted octanol–water partition coefficient (Wildman–Crippen LogP) is 1.81. The van der Waals surface area contributed by atoms with Gasteiger partial charge in [0.25, 0.3) is 0 Å². The molecule has 204 valence electrons. The van der Waals surface area contributed by atoms with E-state index >= 15 is 0 Å². The second-order valence-corrected chi connectivity index (χ2v) is 8.10. The van der Waals surface area contributed by atoms with Gasteiger partial charge < -0.3 is 34.1 Å². The number of halogens is 3. The summed E-state index contributed by atoms with van der Waals surface area (Å²) >= 11 is 0. The third kappa shape index (κ3) is 10.0. The highest BCUT2D eigenvalue weighted by molar-refractivity contribution is 5.32. The second-order valence-electron chi connectivity index (χ2n) is 8.10. The Balaban J connectivity index is 1.60. The van der Waals surface area contributed by atoms with E-state index in [4.69, 9.17) is 24.5 Å². The van der Waals surface area contributed by atoms with Crippen LogP contribution in [0, 0.1) is 5.92 Å². The second kappa shape index (κ2) is 15.8. The van der Waals surface area contributed by atoms with Crippen LogP contribution in [0.3, 0.4) is 0 Å². The molecular formula is C21H33F3N6O6. The van der Waals surface area contributed by atoms with Crippen molar-refractivity contribution in [1.82, 2.24) is 9.97 Å². The molecule has 1 aromatic rings. The average molecular weight is 523 g/mol. The molecule has 0 unspecified atom stereocenters. The van der Waals surface area contributed by atoms with Crippen LogP contribution in [-0.4, -0.2) is 105 Å². The fraction of sp³-hybridized carbons (Fsp3) is 0.810. The zero-order valence-corrected chi connectivity index (χ0v) is 20.1. The third-order valence-electron chi connectivity index (χ3n) is 5.65. The number of azide groups is 1. The van der Waals surface area contributed by atoms with E-state index in [1.54, 1.807) is 0 Å². The first-order chi connectivity index (χ1) is 17.3. The molecule has 2 rings (SSSR count). The fourth-order valence-corrected chi connectivity index (χ4v) is 3.71. The van der Waals surface area contributed by atoms with E-state index in [2.05, 4.69) is 20.0 Å². The maximum absolute atomic E-state index is 12.9. The highest BCUT2D eigenvalue weighted by Crippen LogP contribution is 2.32. The topological polar surface area (TPSA) is 155 Å². The molecule has 1 fully saturated rings. The van der Waals surface area contributed by atoms with Crippen molar-refractivity contribution >= 4 is 5.95 Å². The van der Waals surface area contributed by atoms with Gasteiger partial charge in [-0.3, -0.25) is 0 Å². The smallest absolute Gasteiger partial charge is 0.390 e. The van der Waals surface area contributed by atoms with Crippen molar-refractivity contribution in [3.63, 3.8) is 0 Å². The Bertz CT molecular complexity index is 817. The molecular weight excluding hydrogens is 489 g/mol. The van der Waals surface area contributed by atoms with Crippen LogP contribution >= 0.6 is 0 Å². The van der Waals surface area contributed by atoms with Crippen molar-refractivity contribution in [1.29, 1.82) is 0 Å². The Kier molecular flexibility index (Phi) is 13.1. The van der Waals surface area contributed by atoms with E-state index in [1.807, 2.05) is 0 Å². The van der Waals surface area contributed by atoms with Crippen molar-refractivity contribution in [3.8, 4) is 0 Å². The largest absolute Gasteiger partial charge is 0.433 e. The number of nitrogens with zero attached hydrogens (tertiary/aromatic N) is 6. The van der Waals surface area contributed by atoms with Gasteiger partial charge in [0, 0.05) is 30.6 Å². The number of hydrogen-bond acceptors (Lipinski definition) is 10. The summed E-state index contributed by atoms with van der Waals surface area (Å²) in [4.78, 5) is 11.4. The minimum absolute atomic E-state index is 0.172. The van der Waals surface area contributed by atoms with Crippen molar-refractivity contribution < 1.29 is 42.3 Å². The number of aliphatic hydroxyl groups excluding tert-OH is 2. The maximum atomic E-state index is 12.9. The van der Waals surface area contributed by atoms with Crippen molar-refractivity contribution in [3.05, 3.63) is 28.4 Å². The lowest BCUT2D eigenvalue weighted by atomic mass is 9.81. The molecule has 0 radical (unpaired) electrons. The summed E-state index contributed by atoms with van der Waals surface area (Å²) in [6.07, 6.45) is -4.97. The van der Waals surface area contributed by atoms with Crippen LogP contribution in [0.25, 0.3) is 10.4 Å². The van der Waals surface area contributed by atoms with Crippen LogP contribution in [0.2, 0.25) is 0 Å². The molecule has 0 aromatic carbocycles. The minimum Gasteiger partial charge on any atom is -0.390 e. The Morgan fingerprint density at radius 2 is 1.64 bits per heavy atom. The lowest BCUT2D eigenvalue weighted by Crippen LogP contribution is -2.54. The van der Waals surface area contributed by atoms with Gasteiger partial charge in [-0.25, -0.2) is 9.97 Å². The normalized spacial score (nSPS) is 22.3. The molecule has 0 aliphatic heterocycles. The van der Waals surface area contributed by atoms with Crippen molar-refractivity contribution in [2.75, 3.05) is 71.3 Å². The molecule has 1 aromatic heterocycles. The molecule has 0 spiro atoms. The Hall–Kier alpha value is -2.26. The summed E-state index contributed by atoms with van der Waals surface area (Å²) in [6, 6.07) is 0.140. The number of ether oxygens (including phenoxy) is 4. The summed E-state index contributed by atoms with van der Waals surface area (Å²) in [7, 11) is 1.49. The first-order valence-electron chi connectivity index (χ1n) is 11.6. The van der Waals surface area contributed by atoms with E-state index in [1.165, 1.54) is 11.9 Å². The van der Waals surface area contributed by atoms with Crippen LogP contribution in [0.4, 0.5) is 19.1 Å². The van der Waals surface area contributed by atoms with Gasteiger partial charge in [-0.2, -0.15) is 13.2 Å². The highest BCUT2D eigenvalue weighted by Gasteiger charge is 2.40. The van der Waals surface area contributed by atoms with E-state index < -0.39 is 30.1 Å². The molecule has 36 heavy (non-hydrogen) atoms. The van der Waals surface area contributed by atoms with Crippen LogP contribution in [-0.2, 0) is 25.1 Å². The fourth-order valence-electron chi connectivity index (χ4n) is 3.71. The molecule has 0 amide bonds. The monoisotopic (exact) mass is 522 g/mol. The van der Waals surface area contributed by atoms with Gasteiger partial charge in [0.2, 0.25) is 5.95 Å². The number of rotatable bonds is 16. The van der Waals surface area contributed by atoms with Crippen LogP contribution in [0.15, 0.2) is 17.4 Å². The molecule has 0 bridgehead atoms. The summed E-state index contributed by atoms with van der Waals surface area (Å²) in [5.41, 5.74) is 7.05. The predicted molar refractivity (Wildman–Crippen MR) is 121 cm³/mol. The van der Waals surface area contributed by atoms with Crippen LogP contribution in [0.1, 0.15) is 18.5 Å². The Morgan fingerprint density at radius 1 is 1.03 bits per heavy atom. The van der Waals surface area contributed by atoms with Crippen molar-refractivity contribution in [2.24, 2.45) is 11.0 Å². The van der Waals surface area contributed by atoms with Gasteiger partial charge in [-0.1, -0.05) is 5.11 Å². The Morgan fingerprint density at radius 3 is 2.25 bits per heavy atom. The average Bonchev–Trinajstić information content (AvgIpc) is 2.86. The number of aromatic nitrogens is 2. The molecule has 1 aliphatic rings. The molecule has 4 atom stereocenters. The lowest BCUT2D eigenvalue weighted by Gasteiger charge is -2.41. The quantitative estimate of drug-likeness (QED) is 0.143. The Labute approximate surface area is 207 Å². The summed E-state index contributed by atoms with van der Waals surface area (Å²) < 4.78 is 60.3. The van der Waals surface area contributed by atoms with Crippen molar-refractivity contribution in [2.45, 2.75) is 37.3 Å². The summed E-state index contributed by atoms with van der Waals surface area (Å²) in [6.45, 7) is 3.01. The van der Waals surface area contributed by atoms with E-state index in [0.717, 1.165) is 12.3 Å². The lowest BCUT2D eigenvalue weighted by molar-refractivity contribution is -0.141. The molecule has 15 heteroatoms. The van der Waals surface area contributed by atoms with Crippen LogP contribution in [0.5, 0.6) is 0 Å². The van der Waals surface area contributed by atoms with Crippen LogP contribution < -0.4 is 4.90 Å². The molecule has 0 saturated heterocycles. The van der Waals surface area contributed by atoms with E-state index in [-0.39, 0.29) is 25.0 Å². The number of hydrogen-bond donors (Lipinski definition) is 2. The molecule has 12 nitrogen and oxygen atoms in total. The summed E-state index contributed by atoms with van der Waals surface area (Å²) in [5, 5.41) is 24.5. The van der Waals surface area contributed by atoms with E-state index in [9.17, 15) is 23.4 Å². The van der Waals surface area contributed by atoms with Gasteiger partial charge in [0.05, 0.1) is 65.0 Å². The van der Waals surface area contributed by atoms with Gasteiger partial charge in [0.15, 0.2) is 0 Å². The van der Waals surface area contributed by atoms with Gasteiger partial charge in [-0.05, 0) is 24.4 Å².